The molecule has 0 radical (unpaired) electrons. The zero-order chi connectivity index (χ0) is 36.8. The third-order valence-electron chi connectivity index (χ3n) is 8.18. The SMILES string of the molecule is NCC(O)c1cccc(OCCCO)c1B1OB(c2c(OCCCO)cccc2C(O)CN)OB(c2c(OCCCO)cccc2C(O)CN)O1. The fourth-order valence-electron chi connectivity index (χ4n) is 5.65. The van der Waals surface area contributed by atoms with E-state index in [1.54, 1.807) is 54.6 Å². The molecule has 0 amide bonds. The molecule has 3 atom stereocenters. The predicted octanol–water partition coefficient (Wildman–Crippen LogP) is -2.50. The van der Waals surface area contributed by atoms with Crippen molar-refractivity contribution < 1.29 is 58.6 Å². The molecular formula is C33H48B3N3O12. The molecule has 0 spiro atoms. The maximum absolute atomic E-state index is 11.1. The molecule has 0 aromatic heterocycles. The first-order valence-corrected chi connectivity index (χ1v) is 17.0. The number of aliphatic hydroxyl groups excluding tert-OH is 6. The van der Waals surface area contributed by atoms with Gasteiger partial charge in [0.25, 0.3) is 0 Å². The Hall–Kier alpha value is -3.23. The van der Waals surface area contributed by atoms with Crippen LogP contribution in [0, 0.1) is 0 Å². The van der Waals surface area contributed by atoms with Gasteiger partial charge >= 0.3 is 21.4 Å². The molecule has 15 nitrogen and oxygen atoms in total. The van der Waals surface area contributed by atoms with E-state index >= 15 is 0 Å². The van der Waals surface area contributed by atoms with E-state index in [-0.39, 0.29) is 92.9 Å². The molecule has 276 valence electrons. The van der Waals surface area contributed by atoms with Gasteiger partial charge in [0.05, 0.1) is 38.1 Å². The van der Waals surface area contributed by atoms with Crippen LogP contribution >= 0.6 is 0 Å². The van der Waals surface area contributed by atoms with Crippen LogP contribution in [0.4, 0.5) is 0 Å². The van der Waals surface area contributed by atoms with E-state index in [9.17, 15) is 30.6 Å². The van der Waals surface area contributed by atoms with Gasteiger partial charge in [0, 0.05) is 75.1 Å². The van der Waals surface area contributed by atoms with Crippen LogP contribution in [0.5, 0.6) is 17.2 Å². The highest BCUT2D eigenvalue weighted by Crippen LogP contribution is 2.27. The summed E-state index contributed by atoms with van der Waals surface area (Å²) in [4.78, 5) is 0. The minimum absolute atomic E-state index is 0.118. The summed E-state index contributed by atoms with van der Waals surface area (Å²) in [5.41, 5.74) is 19.6. The second-order valence-electron chi connectivity index (χ2n) is 11.7. The largest absolute Gasteiger partial charge is 0.494 e. The lowest BCUT2D eigenvalue weighted by Crippen LogP contribution is -2.63. The first-order chi connectivity index (χ1) is 24.8. The van der Waals surface area contributed by atoms with Crippen molar-refractivity contribution in [2.75, 3.05) is 59.3 Å². The molecule has 12 N–H and O–H groups in total. The lowest BCUT2D eigenvalue weighted by molar-refractivity contribution is 0.185. The van der Waals surface area contributed by atoms with Crippen molar-refractivity contribution in [3.63, 3.8) is 0 Å². The van der Waals surface area contributed by atoms with E-state index < -0.39 is 39.7 Å². The van der Waals surface area contributed by atoms with Gasteiger partial charge in [0.15, 0.2) is 0 Å². The highest BCUT2D eigenvalue weighted by atomic mass is 16.7. The average Bonchev–Trinajstić information content (AvgIpc) is 3.16. The summed E-state index contributed by atoms with van der Waals surface area (Å²) >= 11 is 0. The highest BCUT2D eigenvalue weighted by molar-refractivity contribution is 6.88. The van der Waals surface area contributed by atoms with Gasteiger partial charge in [0.1, 0.15) is 17.2 Å². The summed E-state index contributed by atoms with van der Waals surface area (Å²) in [7, 11) is -4.05. The van der Waals surface area contributed by atoms with Crippen molar-refractivity contribution >= 4 is 37.7 Å². The van der Waals surface area contributed by atoms with Gasteiger partial charge < -0.3 is 75.8 Å². The Morgan fingerprint density at radius 3 is 1.00 bits per heavy atom. The number of hydrogen-bond donors (Lipinski definition) is 9. The average molecular weight is 711 g/mol. The molecular weight excluding hydrogens is 663 g/mol. The van der Waals surface area contributed by atoms with Crippen LogP contribution in [0.2, 0.25) is 0 Å². The molecule has 4 rings (SSSR count). The first kappa shape index (κ1) is 40.5. The highest BCUT2D eigenvalue weighted by Gasteiger charge is 2.49. The lowest BCUT2D eigenvalue weighted by atomic mass is 9.58. The molecule has 3 aromatic rings. The Bertz CT molecular complexity index is 1330. The zero-order valence-electron chi connectivity index (χ0n) is 28.5. The van der Waals surface area contributed by atoms with Gasteiger partial charge in [-0.2, -0.15) is 0 Å². The van der Waals surface area contributed by atoms with Gasteiger partial charge in [-0.3, -0.25) is 0 Å². The summed E-state index contributed by atoms with van der Waals surface area (Å²) in [5.74, 6) is 0.840. The van der Waals surface area contributed by atoms with Gasteiger partial charge in [-0.1, -0.05) is 36.4 Å². The third kappa shape index (κ3) is 10.2. The summed E-state index contributed by atoms with van der Waals surface area (Å²) in [5, 5.41) is 61.6. The zero-order valence-corrected chi connectivity index (χ0v) is 28.5. The van der Waals surface area contributed by atoms with Crippen molar-refractivity contribution in [3.05, 3.63) is 71.3 Å². The molecule has 1 fully saturated rings. The summed E-state index contributed by atoms with van der Waals surface area (Å²) in [6, 6.07) is 15.0. The molecule has 1 aliphatic heterocycles. The van der Waals surface area contributed by atoms with E-state index in [1.165, 1.54) is 0 Å². The van der Waals surface area contributed by atoms with Crippen LogP contribution in [-0.4, -0.2) is 111 Å². The van der Waals surface area contributed by atoms with Crippen molar-refractivity contribution in [2.24, 2.45) is 17.2 Å². The number of nitrogens with two attached hydrogens (primary N) is 3. The summed E-state index contributed by atoms with van der Waals surface area (Å²) in [6.07, 6.45) is -2.53. The van der Waals surface area contributed by atoms with Crippen LogP contribution in [0.1, 0.15) is 54.3 Å². The minimum Gasteiger partial charge on any atom is -0.494 e. The maximum atomic E-state index is 11.1. The van der Waals surface area contributed by atoms with Gasteiger partial charge in [-0.05, 0) is 34.9 Å². The van der Waals surface area contributed by atoms with Crippen molar-refractivity contribution in [3.8, 4) is 17.2 Å². The van der Waals surface area contributed by atoms with Crippen LogP contribution in [0.3, 0.4) is 0 Å². The number of benzene rings is 3. The quantitative estimate of drug-likeness (QED) is 0.0409. The molecule has 1 aliphatic rings. The van der Waals surface area contributed by atoms with Crippen LogP contribution in [0.25, 0.3) is 0 Å². The number of aliphatic hydroxyl groups is 6. The molecule has 0 bridgehead atoms. The topological polar surface area (TPSA) is 255 Å². The van der Waals surface area contributed by atoms with Crippen LogP contribution in [0.15, 0.2) is 54.6 Å². The number of rotatable bonds is 21. The molecule has 0 aliphatic carbocycles. The standard InChI is InChI=1S/C33H48B3N3O12/c37-19-25(43)22-7-1-10-28(46-16-4-13-40)31(22)34-49-35(32-23(26(44)20-38)8-2-11-29(32)47-17-5-14-41)51-36(50-34)33-24(27(45)21-39)9-3-12-30(33)48-18-6-15-42/h1-3,7-12,25-27,40-45H,4-6,13-21,37-39H2. The Morgan fingerprint density at radius 1 is 0.490 bits per heavy atom. The minimum atomic E-state index is -1.35. The monoisotopic (exact) mass is 711 g/mol. The fraction of sp³-hybridized carbons (Fsp3) is 0.455. The van der Waals surface area contributed by atoms with Crippen molar-refractivity contribution in [2.45, 2.75) is 37.6 Å². The first-order valence-electron chi connectivity index (χ1n) is 17.0. The van der Waals surface area contributed by atoms with Crippen molar-refractivity contribution in [1.29, 1.82) is 0 Å². The lowest BCUT2D eigenvalue weighted by Gasteiger charge is -2.36. The second kappa shape index (κ2) is 20.7. The normalized spacial score (nSPS) is 15.1. The van der Waals surface area contributed by atoms with Gasteiger partial charge in [-0.25, -0.2) is 0 Å². The Kier molecular flexibility index (Phi) is 16.5. The molecule has 0 saturated carbocycles. The smallest absolute Gasteiger partial charge is 0.471 e. The summed E-state index contributed by atoms with van der Waals surface area (Å²) in [6.45, 7) is -0.405. The molecule has 3 aromatic carbocycles. The second-order valence-corrected chi connectivity index (χ2v) is 11.7. The van der Waals surface area contributed by atoms with Gasteiger partial charge in [0.2, 0.25) is 0 Å². The number of hydrogen-bond acceptors (Lipinski definition) is 15. The fourth-order valence-corrected chi connectivity index (χ4v) is 5.65. The van der Waals surface area contributed by atoms with Crippen LogP contribution < -0.4 is 47.8 Å². The molecule has 18 heteroatoms. The van der Waals surface area contributed by atoms with E-state index in [4.69, 9.17) is 45.1 Å². The van der Waals surface area contributed by atoms with E-state index in [0.29, 0.717) is 36.0 Å². The molecule has 1 heterocycles. The van der Waals surface area contributed by atoms with Crippen molar-refractivity contribution in [1.82, 2.24) is 0 Å². The van der Waals surface area contributed by atoms with E-state index in [0.717, 1.165) is 0 Å². The Morgan fingerprint density at radius 2 is 0.765 bits per heavy atom. The molecule has 1 saturated heterocycles. The van der Waals surface area contributed by atoms with E-state index in [1.807, 2.05) is 0 Å². The molecule has 3 unspecified atom stereocenters. The predicted molar refractivity (Wildman–Crippen MR) is 192 cm³/mol. The Balaban J connectivity index is 1.97. The Labute approximate surface area is 298 Å². The third-order valence-corrected chi connectivity index (χ3v) is 8.18. The van der Waals surface area contributed by atoms with E-state index in [2.05, 4.69) is 0 Å². The van der Waals surface area contributed by atoms with Gasteiger partial charge in [-0.15, -0.1) is 0 Å². The molecule has 51 heavy (non-hydrogen) atoms. The summed E-state index contributed by atoms with van der Waals surface area (Å²) < 4.78 is 37.9. The van der Waals surface area contributed by atoms with Crippen LogP contribution in [-0.2, 0) is 13.7 Å². The number of ether oxygens (including phenoxy) is 3. The maximum Gasteiger partial charge on any atom is 0.471 e.